The molecule has 0 fully saturated rings. The Morgan fingerprint density at radius 2 is 1.91 bits per heavy atom. The van der Waals surface area contributed by atoms with Gasteiger partial charge in [-0.3, -0.25) is 9.59 Å². The molecule has 1 aliphatic rings. The Labute approximate surface area is 191 Å². The second-order valence-corrected chi connectivity index (χ2v) is 9.75. The molecule has 3 aromatic rings. The number of hydrogen-bond donors (Lipinski definition) is 3. The van der Waals surface area contributed by atoms with Gasteiger partial charge in [0.2, 0.25) is 5.91 Å². The number of carbonyl (C=O) groups excluding carboxylic acids is 1. The van der Waals surface area contributed by atoms with E-state index in [0.29, 0.717) is 12.8 Å². The van der Waals surface area contributed by atoms with Gasteiger partial charge in [-0.05, 0) is 48.1 Å². The van der Waals surface area contributed by atoms with E-state index in [4.69, 9.17) is 0 Å². The first-order valence-corrected chi connectivity index (χ1v) is 11.4. The highest BCUT2D eigenvalue weighted by atomic mass is 32.1. The summed E-state index contributed by atoms with van der Waals surface area (Å²) >= 11 is 1.52. The van der Waals surface area contributed by atoms with Crippen LogP contribution >= 0.6 is 11.3 Å². The molecule has 0 spiro atoms. The largest absolute Gasteiger partial charge is 0.481 e. The van der Waals surface area contributed by atoms with Crippen molar-refractivity contribution in [3.8, 4) is 11.8 Å². The van der Waals surface area contributed by atoms with E-state index in [9.17, 15) is 14.7 Å². The molecular weight excluding hydrogens is 422 g/mol. The summed E-state index contributed by atoms with van der Waals surface area (Å²) in [4.78, 5) is 30.6. The fourth-order valence-corrected chi connectivity index (χ4v) is 5.09. The summed E-state index contributed by atoms with van der Waals surface area (Å²) in [7, 11) is 4.12. The standard InChI is InChI=1S/C25H25N3O3S/c1-28(2)11-5-6-17-9-10-20-21(12-17)32-22(27-20)16-26-24(31)25(15-23(29)30)13-18-7-3-4-8-19(18)14-25/h3-4,7-10,12H,11,13-16H2,1-2H3,(H,26,31)(H,29,30)/p+1. The van der Waals surface area contributed by atoms with Gasteiger partial charge in [0.25, 0.3) is 0 Å². The van der Waals surface area contributed by atoms with Crippen LogP contribution in [0.1, 0.15) is 28.1 Å². The molecule has 4 rings (SSSR count). The maximum atomic E-state index is 13.2. The van der Waals surface area contributed by atoms with Gasteiger partial charge in [-0.2, -0.15) is 0 Å². The highest BCUT2D eigenvalue weighted by molar-refractivity contribution is 7.18. The van der Waals surface area contributed by atoms with Crippen molar-refractivity contribution in [2.45, 2.75) is 25.8 Å². The number of carboxylic acids is 1. The first-order valence-electron chi connectivity index (χ1n) is 10.6. The molecule has 32 heavy (non-hydrogen) atoms. The Balaban J connectivity index is 1.47. The summed E-state index contributed by atoms with van der Waals surface area (Å²) in [6.45, 7) is 1.06. The van der Waals surface area contributed by atoms with Crippen LogP contribution in [0.25, 0.3) is 10.2 Å². The third-order valence-electron chi connectivity index (χ3n) is 5.65. The lowest BCUT2D eigenvalue weighted by Crippen LogP contribution is -3.05. The molecule has 0 unspecified atom stereocenters. The molecule has 2 aromatic carbocycles. The summed E-state index contributed by atoms with van der Waals surface area (Å²) in [5.74, 6) is 5.15. The lowest BCUT2D eigenvalue weighted by molar-refractivity contribution is -0.850. The van der Waals surface area contributed by atoms with Crippen LogP contribution in [0.4, 0.5) is 0 Å². The number of hydrogen-bond acceptors (Lipinski definition) is 4. The van der Waals surface area contributed by atoms with Gasteiger partial charge in [-0.15, -0.1) is 11.3 Å². The van der Waals surface area contributed by atoms with Crippen LogP contribution in [0.15, 0.2) is 42.5 Å². The Kier molecular flexibility index (Phi) is 6.26. The zero-order valence-electron chi connectivity index (χ0n) is 18.2. The third kappa shape index (κ3) is 4.82. The number of quaternary nitrogens is 1. The zero-order valence-corrected chi connectivity index (χ0v) is 19.0. The zero-order chi connectivity index (χ0) is 22.7. The van der Waals surface area contributed by atoms with E-state index in [2.05, 4.69) is 36.2 Å². The number of nitrogens with one attached hydrogen (secondary N) is 2. The van der Waals surface area contributed by atoms with E-state index in [-0.39, 0.29) is 18.9 Å². The summed E-state index contributed by atoms with van der Waals surface area (Å²) in [6, 6.07) is 13.7. The molecule has 0 aliphatic heterocycles. The number of carbonyl (C=O) groups is 2. The van der Waals surface area contributed by atoms with E-state index < -0.39 is 11.4 Å². The van der Waals surface area contributed by atoms with E-state index in [1.807, 2.05) is 42.5 Å². The molecule has 1 aliphatic carbocycles. The fourth-order valence-electron chi connectivity index (χ4n) is 4.14. The van der Waals surface area contributed by atoms with Crippen molar-refractivity contribution in [2.24, 2.45) is 5.41 Å². The minimum atomic E-state index is -0.961. The molecule has 1 heterocycles. The van der Waals surface area contributed by atoms with Gasteiger partial charge < -0.3 is 15.3 Å². The second-order valence-electron chi connectivity index (χ2n) is 8.63. The van der Waals surface area contributed by atoms with Gasteiger partial charge in [0, 0.05) is 5.56 Å². The van der Waals surface area contributed by atoms with Gasteiger partial charge in [0.15, 0.2) is 0 Å². The fraction of sp³-hybridized carbons (Fsp3) is 0.320. The number of aromatic nitrogens is 1. The monoisotopic (exact) mass is 448 g/mol. The maximum Gasteiger partial charge on any atom is 0.304 e. The van der Waals surface area contributed by atoms with Gasteiger partial charge >= 0.3 is 5.97 Å². The van der Waals surface area contributed by atoms with Crippen molar-refractivity contribution in [1.29, 1.82) is 0 Å². The minimum Gasteiger partial charge on any atom is -0.481 e. The van der Waals surface area contributed by atoms with Crippen LogP contribution in [0, 0.1) is 17.3 Å². The molecule has 0 atom stereocenters. The highest BCUT2D eigenvalue weighted by Gasteiger charge is 2.45. The number of rotatable bonds is 6. The molecule has 164 valence electrons. The lowest BCUT2D eigenvalue weighted by atomic mass is 9.80. The van der Waals surface area contributed by atoms with E-state index in [1.165, 1.54) is 16.2 Å². The Bertz CT molecular complexity index is 1210. The Hall–Kier alpha value is -3.21. The average molecular weight is 449 g/mol. The number of nitrogens with zero attached hydrogens (tertiary/aromatic N) is 1. The predicted octanol–water partition coefficient (Wildman–Crippen LogP) is 1.67. The molecule has 0 radical (unpaired) electrons. The molecule has 1 aromatic heterocycles. The van der Waals surface area contributed by atoms with Crippen LogP contribution in [-0.2, 0) is 29.0 Å². The van der Waals surface area contributed by atoms with Gasteiger partial charge in [-0.1, -0.05) is 30.2 Å². The third-order valence-corrected chi connectivity index (χ3v) is 6.67. The SMILES string of the molecule is C[NH+](C)CC#Cc1ccc2nc(CNC(=O)C3(CC(=O)O)Cc4ccccc4C3)sc2c1. The number of carboxylic acid groups (broad SMARTS) is 1. The van der Waals surface area contributed by atoms with Crippen molar-refractivity contribution in [3.63, 3.8) is 0 Å². The van der Waals surface area contributed by atoms with Crippen LogP contribution in [0.3, 0.4) is 0 Å². The van der Waals surface area contributed by atoms with Gasteiger partial charge in [0.1, 0.15) is 11.6 Å². The molecule has 0 saturated heterocycles. The number of fused-ring (bicyclic) bond motifs is 2. The summed E-state index contributed by atoms with van der Waals surface area (Å²) in [5, 5.41) is 13.2. The summed E-state index contributed by atoms with van der Waals surface area (Å²) in [5.41, 5.74) is 2.96. The molecule has 0 saturated carbocycles. The molecule has 6 nitrogen and oxygen atoms in total. The quantitative estimate of drug-likeness (QED) is 0.501. The first-order chi connectivity index (χ1) is 15.3. The molecule has 1 amide bonds. The van der Waals surface area contributed by atoms with E-state index >= 15 is 0 Å². The van der Waals surface area contributed by atoms with Crippen molar-refractivity contribution in [2.75, 3.05) is 20.6 Å². The normalized spacial score (nSPS) is 14.1. The van der Waals surface area contributed by atoms with Crippen molar-refractivity contribution in [3.05, 3.63) is 64.2 Å². The number of amides is 1. The summed E-state index contributed by atoms with van der Waals surface area (Å²) < 4.78 is 1.02. The summed E-state index contributed by atoms with van der Waals surface area (Å²) in [6.07, 6.45) is 0.694. The second kappa shape index (κ2) is 9.11. The van der Waals surface area contributed by atoms with E-state index in [1.54, 1.807) is 0 Å². The maximum absolute atomic E-state index is 13.2. The lowest BCUT2D eigenvalue weighted by Gasteiger charge is -2.25. The highest BCUT2D eigenvalue weighted by Crippen LogP contribution is 2.40. The van der Waals surface area contributed by atoms with Crippen LogP contribution in [0.5, 0.6) is 0 Å². The van der Waals surface area contributed by atoms with Crippen LogP contribution in [-0.4, -0.2) is 42.6 Å². The number of benzene rings is 2. The first kappa shape index (κ1) is 22.0. The smallest absolute Gasteiger partial charge is 0.304 e. The van der Waals surface area contributed by atoms with Gasteiger partial charge in [-0.25, -0.2) is 4.98 Å². The molecular formula is C25H26N3O3S+. The molecule has 0 bridgehead atoms. The molecule has 7 heteroatoms. The minimum absolute atomic E-state index is 0.190. The van der Waals surface area contributed by atoms with E-state index in [0.717, 1.165) is 38.5 Å². The number of aliphatic carboxylic acids is 1. The molecule has 3 N–H and O–H groups in total. The van der Waals surface area contributed by atoms with Crippen molar-refractivity contribution < 1.29 is 19.6 Å². The average Bonchev–Trinajstić information content (AvgIpc) is 3.31. The van der Waals surface area contributed by atoms with Crippen molar-refractivity contribution in [1.82, 2.24) is 10.3 Å². The van der Waals surface area contributed by atoms with Crippen molar-refractivity contribution >= 4 is 33.4 Å². The Morgan fingerprint density at radius 1 is 1.19 bits per heavy atom. The van der Waals surface area contributed by atoms with Gasteiger partial charge in [0.05, 0.1) is 42.7 Å². The van der Waals surface area contributed by atoms with Crippen LogP contribution in [0.2, 0.25) is 0 Å². The predicted molar refractivity (Wildman–Crippen MR) is 125 cm³/mol. The Morgan fingerprint density at radius 3 is 2.56 bits per heavy atom. The van der Waals surface area contributed by atoms with Crippen LogP contribution < -0.4 is 10.2 Å². The topological polar surface area (TPSA) is 83.7 Å². The number of thiazole rings is 1.